The molecule has 1 heterocycles. The molecule has 2 nitrogen and oxygen atoms in total. The van der Waals surface area contributed by atoms with Crippen LogP contribution in [-0.4, -0.2) is 29.7 Å². The van der Waals surface area contributed by atoms with E-state index in [9.17, 15) is 5.11 Å². The number of β-amino-alcohol motifs (C(OH)–C–C–N with tert-alkyl or cyclic N) is 1. The molecule has 1 aromatic carbocycles. The lowest BCUT2D eigenvalue weighted by Crippen LogP contribution is -2.66. The Morgan fingerprint density at radius 2 is 2.07 bits per heavy atom. The third-order valence-electron chi connectivity index (χ3n) is 3.49. The Labute approximate surface area is 85.2 Å². The van der Waals surface area contributed by atoms with Gasteiger partial charge in [-0.25, -0.2) is 0 Å². The summed E-state index contributed by atoms with van der Waals surface area (Å²) in [4.78, 5) is 2.23. The highest BCUT2D eigenvalue weighted by molar-refractivity contribution is 5.29. The van der Waals surface area contributed by atoms with Crippen LogP contribution in [0, 0.1) is 0 Å². The SMILES string of the molecule is CCC1(c2ccccc2)C(O)CN1C. The minimum atomic E-state index is -0.222. The van der Waals surface area contributed by atoms with E-state index in [4.69, 9.17) is 0 Å². The van der Waals surface area contributed by atoms with E-state index >= 15 is 0 Å². The number of rotatable bonds is 2. The molecule has 0 spiro atoms. The van der Waals surface area contributed by atoms with Crippen molar-refractivity contribution in [2.45, 2.75) is 25.0 Å². The number of hydrogen-bond donors (Lipinski definition) is 1. The highest BCUT2D eigenvalue weighted by Gasteiger charge is 2.50. The second kappa shape index (κ2) is 3.37. The van der Waals surface area contributed by atoms with Crippen LogP contribution < -0.4 is 0 Å². The van der Waals surface area contributed by atoms with Crippen LogP contribution in [0.1, 0.15) is 18.9 Å². The second-order valence-corrected chi connectivity index (χ2v) is 4.04. The van der Waals surface area contributed by atoms with Crippen molar-refractivity contribution in [3.63, 3.8) is 0 Å². The van der Waals surface area contributed by atoms with Crippen LogP contribution >= 0.6 is 0 Å². The summed E-state index contributed by atoms with van der Waals surface area (Å²) in [5.41, 5.74) is 1.09. The monoisotopic (exact) mass is 191 g/mol. The van der Waals surface area contributed by atoms with Crippen molar-refractivity contribution in [1.29, 1.82) is 0 Å². The topological polar surface area (TPSA) is 23.5 Å². The predicted molar refractivity (Wildman–Crippen MR) is 57.0 cm³/mol. The van der Waals surface area contributed by atoms with Gasteiger partial charge in [0.2, 0.25) is 0 Å². The summed E-state index contributed by atoms with van der Waals surface area (Å²) in [5, 5.41) is 9.94. The summed E-state index contributed by atoms with van der Waals surface area (Å²) in [6.45, 7) is 2.91. The lowest BCUT2D eigenvalue weighted by molar-refractivity contribution is -0.131. The van der Waals surface area contributed by atoms with Crippen molar-refractivity contribution in [2.75, 3.05) is 13.6 Å². The zero-order valence-electron chi connectivity index (χ0n) is 8.77. The molecule has 1 fully saturated rings. The summed E-state index contributed by atoms with van der Waals surface area (Å²) in [6, 6.07) is 10.3. The molecule has 76 valence electrons. The van der Waals surface area contributed by atoms with Gasteiger partial charge in [0, 0.05) is 6.54 Å². The zero-order valence-corrected chi connectivity index (χ0v) is 8.77. The van der Waals surface area contributed by atoms with Crippen LogP contribution in [0.2, 0.25) is 0 Å². The Kier molecular flexibility index (Phi) is 2.33. The molecule has 0 aliphatic carbocycles. The molecule has 2 atom stereocenters. The van der Waals surface area contributed by atoms with Crippen LogP contribution in [0.5, 0.6) is 0 Å². The van der Waals surface area contributed by atoms with E-state index < -0.39 is 0 Å². The van der Waals surface area contributed by atoms with Gasteiger partial charge in [0.15, 0.2) is 0 Å². The molecule has 1 aromatic rings. The number of likely N-dealkylation sites (N-methyl/N-ethyl adjacent to an activating group) is 1. The molecule has 0 bridgehead atoms. The Bertz CT molecular complexity index is 301. The quantitative estimate of drug-likeness (QED) is 0.767. The van der Waals surface area contributed by atoms with Crippen molar-refractivity contribution in [3.8, 4) is 0 Å². The Morgan fingerprint density at radius 3 is 2.50 bits per heavy atom. The summed E-state index contributed by atoms with van der Waals surface area (Å²) in [6.07, 6.45) is 0.731. The van der Waals surface area contributed by atoms with Gasteiger partial charge < -0.3 is 5.11 Å². The van der Waals surface area contributed by atoms with Gasteiger partial charge >= 0.3 is 0 Å². The van der Waals surface area contributed by atoms with Crippen molar-refractivity contribution in [2.24, 2.45) is 0 Å². The van der Waals surface area contributed by atoms with Gasteiger partial charge in [-0.3, -0.25) is 4.90 Å². The molecule has 1 aliphatic rings. The van der Waals surface area contributed by atoms with E-state index in [-0.39, 0.29) is 11.6 Å². The fourth-order valence-corrected chi connectivity index (χ4v) is 2.56. The normalized spacial score (nSPS) is 32.6. The predicted octanol–water partition coefficient (Wildman–Crippen LogP) is 1.60. The molecular weight excluding hydrogens is 174 g/mol. The summed E-state index contributed by atoms with van der Waals surface area (Å²) < 4.78 is 0. The molecule has 0 amide bonds. The second-order valence-electron chi connectivity index (χ2n) is 4.04. The summed E-state index contributed by atoms with van der Waals surface area (Å²) >= 11 is 0. The average molecular weight is 191 g/mol. The van der Waals surface area contributed by atoms with Gasteiger partial charge in [-0.05, 0) is 19.0 Å². The maximum Gasteiger partial charge on any atom is 0.0892 e. The molecule has 2 rings (SSSR count). The smallest absolute Gasteiger partial charge is 0.0892 e. The number of hydrogen-bond acceptors (Lipinski definition) is 2. The minimum Gasteiger partial charge on any atom is -0.389 e. The molecule has 0 radical (unpaired) electrons. The highest BCUT2D eigenvalue weighted by Crippen LogP contribution is 2.41. The molecule has 0 saturated carbocycles. The van der Waals surface area contributed by atoms with Gasteiger partial charge in [0.25, 0.3) is 0 Å². The first-order chi connectivity index (χ1) is 6.71. The van der Waals surface area contributed by atoms with Crippen LogP contribution in [0.3, 0.4) is 0 Å². The van der Waals surface area contributed by atoms with Crippen molar-refractivity contribution >= 4 is 0 Å². The average Bonchev–Trinajstić information content (AvgIpc) is 2.21. The fourth-order valence-electron chi connectivity index (χ4n) is 2.56. The maximum atomic E-state index is 9.94. The largest absolute Gasteiger partial charge is 0.389 e. The number of benzene rings is 1. The van der Waals surface area contributed by atoms with Crippen molar-refractivity contribution in [3.05, 3.63) is 35.9 Å². The van der Waals surface area contributed by atoms with E-state index in [1.807, 2.05) is 18.2 Å². The van der Waals surface area contributed by atoms with Crippen molar-refractivity contribution in [1.82, 2.24) is 4.90 Å². The third kappa shape index (κ3) is 1.11. The van der Waals surface area contributed by atoms with Crippen molar-refractivity contribution < 1.29 is 5.11 Å². The van der Waals surface area contributed by atoms with E-state index in [0.717, 1.165) is 13.0 Å². The number of likely N-dealkylation sites (tertiary alicyclic amines) is 1. The minimum absolute atomic E-state index is 0.138. The van der Waals surface area contributed by atoms with Crippen LogP contribution in [-0.2, 0) is 5.54 Å². The summed E-state index contributed by atoms with van der Waals surface area (Å²) in [5.74, 6) is 0. The van der Waals surface area contributed by atoms with E-state index in [2.05, 4.69) is 31.0 Å². The lowest BCUT2D eigenvalue weighted by Gasteiger charge is -2.55. The Morgan fingerprint density at radius 1 is 1.43 bits per heavy atom. The van der Waals surface area contributed by atoms with Gasteiger partial charge in [-0.1, -0.05) is 37.3 Å². The first-order valence-corrected chi connectivity index (χ1v) is 5.16. The number of aliphatic hydroxyl groups is 1. The molecule has 1 aliphatic heterocycles. The Balaban J connectivity index is 2.38. The first-order valence-electron chi connectivity index (χ1n) is 5.16. The standard InChI is InChI=1S/C12H17NO/c1-3-12(11(14)9-13(12)2)10-7-5-4-6-8-10/h4-8,11,14H,3,9H2,1-2H3. The molecule has 14 heavy (non-hydrogen) atoms. The van der Waals surface area contributed by atoms with Gasteiger partial charge in [-0.15, -0.1) is 0 Å². The summed E-state index contributed by atoms with van der Waals surface area (Å²) in [7, 11) is 2.07. The van der Waals surface area contributed by atoms with Crippen LogP contribution in [0.25, 0.3) is 0 Å². The lowest BCUT2D eigenvalue weighted by atomic mass is 9.74. The van der Waals surface area contributed by atoms with E-state index in [0.29, 0.717) is 0 Å². The van der Waals surface area contributed by atoms with Gasteiger partial charge in [-0.2, -0.15) is 0 Å². The third-order valence-corrected chi connectivity index (χ3v) is 3.49. The number of nitrogens with zero attached hydrogens (tertiary/aromatic N) is 1. The Hall–Kier alpha value is -0.860. The van der Waals surface area contributed by atoms with Crippen LogP contribution in [0.4, 0.5) is 0 Å². The molecular formula is C12H17NO. The first kappa shape index (κ1) is 9.69. The molecule has 1 saturated heterocycles. The van der Waals surface area contributed by atoms with Crippen LogP contribution in [0.15, 0.2) is 30.3 Å². The highest BCUT2D eigenvalue weighted by atomic mass is 16.3. The van der Waals surface area contributed by atoms with Gasteiger partial charge in [0.05, 0.1) is 11.6 Å². The molecule has 0 aromatic heterocycles. The molecule has 1 N–H and O–H groups in total. The molecule has 2 heteroatoms. The van der Waals surface area contributed by atoms with E-state index in [1.54, 1.807) is 0 Å². The van der Waals surface area contributed by atoms with Gasteiger partial charge in [0.1, 0.15) is 0 Å². The maximum absolute atomic E-state index is 9.94. The van der Waals surface area contributed by atoms with E-state index in [1.165, 1.54) is 5.56 Å². The molecule has 2 unspecified atom stereocenters. The fraction of sp³-hybridized carbons (Fsp3) is 0.500. The number of aliphatic hydroxyl groups excluding tert-OH is 1. The zero-order chi connectivity index (χ0) is 10.2.